The molecule has 1 fully saturated rings. The molecule has 0 bridgehead atoms. The number of benzene rings is 1. The molecule has 5 rings (SSSR count). The first-order chi connectivity index (χ1) is 17.8. The van der Waals surface area contributed by atoms with Crippen LogP contribution in [0, 0.1) is 11.8 Å². The molecule has 37 heavy (non-hydrogen) atoms. The van der Waals surface area contributed by atoms with Crippen molar-refractivity contribution < 1.29 is 8.78 Å². The predicted octanol–water partition coefficient (Wildman–Crippen LogP) is 2.38. The van der Waals surface area contributed by atoms with Gasteiger partial charge < -0.3 is 10.6 Å². The molecule has 192 valence electrons. The molecule has 0 radical (unpaired) electrons. The number of nitrogens with zero attached hydrogens (tertiary/aromatic N) is 6. The Morgan fingerprint density at radius 1 is 1.19 bits per heavy atom. The second-order valence-corrected chi connectivity index (χ2v) is 9.19. The van der Waals surface area contributed by atoms with Crippen molar-refractivity contribution in [2.45, 2.75) is 45.3 Å². The Kier molecular flexibility index (Phi) is 6.52. The minimum absolute atomic E-state index is 0.0267. The van der Waals surface area contributed by atoms with E-state index in [0.29, 0.717) is 23.3 Å². The van der Waals surface area contributed by atoms with E-state index in [0.717, 1.165) is 24.0 Å². The fourth-order valence-electron chi connectivity index (χ4n) is 4.92. The lowest BCUT2D eigenvalue weighted by Gasteiger charge is -2.31. The SMILES string of the molecule is CC#CCn1c(N2CCCC(N)C2)nc2c1c(=O)n(Cc1nc(C(F)F)cc3ccccc13)c(=O)n2C. The zero-order chi connectivity index (χ0) is 26.3. The second kappa shape index (κ2) is 9.78. The first kappa shape index (κ1) is 24.6. The van der Waals surface area contributed by atoms with Gasteiger partial charge in [0.25, 0.3) is 12.0 Å². The van der Waals surface area contributed by atoms with Gasteiger partial charge in [-0.15, -0.1) is 5.92 Å². The fraction of sp³-hybridized carbons (Fsp3) is 0.385. The van der Waals surface area contributed by atoms with E-state index in [1.165, 1.54) is 17.7 Å². The van der Waals surface area contributed by atoms with Crippen molar-refractivity contribution >= 4 is 27.9 Å². The number of aryl methyl sites for hydroxylation is 1. The third-order valence-electron chi connectivity index (χ3n) is 6.74. The summed E-state index contributed by atoms with van der Waals surface area (Å²) in [5, 5.41) is 1.15. The Hall–Kier alpha value is -4.04. The number of rotatable bonds is 5. The van der Waals surface area contributed by atoms with E-state index < -0.39 is 23.4 Å². The quantitative estimate of drug-likeness (QED) is 0.416. The number of aromatic nitrogens is 5. The minimum atomic E-state index is -2.79. The monoisotopic (exact) mass is 507 g/mol. The van der Waals surface area contributed by atoms with Gasteiger partial charge >= 0.3 is 5.69 Å². The third kappa shape index (κ3) is 4.38. The van der Waals surface area contributed by atoms with E-state index >= 15 is 0 Å². The Morgan fingerprint density at radius 2 is 1.97 bits per heavy atom. The fourth-order valence-corrected chi connectivity index (χ4v) is 4.92. The molecule has 1 aliphatic rings. The van der Waals surface area contributed by atoms with Gasteiger partial charge in [0, 0.05) is 31.6 Å². The van der Waals surface area contributed by atoms with Gasteiger partial charge in [-0.2, -0.15) is 4.98 Å². The largest absolute Gasteiger partial charge is 0.341 e. The summed E-state index contributed by atoms with van der Waals surface area (Å²) in [6.07, 6.45) is -1.01. The molecule has 9 nitrogen and oxygen atoms in total. The van der Waals surface area contributed by atoms with E-state index in [4.69, 9.17) is 5.73 Å². The number of imidazole rings is 1. The standard InChI is InChI=1S/C26H27F2N7O2/c1-3-4-12-34-21-23(31-25(34)33-11-7-9-17(29)14-33)32(2)26(37)35(24(21)36)15-20-18-10-6-5-8-16(18)13-19(30-20)22(27)28/h5-6,8,10,13,17,22H,7,9,11-12,14-15,29H2,1-2H3. The number of piperidine rings is 1. The molecule has 1 aromatic carbocycles. The molecule has 2 N–H and O–H groups in total. The molecule has 4 aromatic rings. The van der Waals surface area contributed by atoms with Crippen LogP contribution in [0.1, 0.15) is 37.6 Å². The van der Waals surface area contributed by atoms with Crippen molar-refractivity contribution in [1.29, 1.82) is 0 Å². The van der Waals surface area contributed by atoms with Crippen molar-refractivity contribution in [3.05, 3.63) is 62.6 Å². The van der Waals surface area contributed by atoms with Crippen LogP contribution in [0.5, 0.6) is 0 Å². The molecule has 1 unspecified atom stereocenters. The Balaban J connectivity index is 1.73. The summed E-state index contributed by atoms with van der Waals surface area (Å²) < 4.78 is 31.2. The van der Waals surface area contributed by atoms with Gasteiger partial charge in [-0.05, 0) is 31.2 Å². The summed E-state index contributed by atoms with van der Waals surface area (Å²) in [4.78, 5) is 38.0. The van der Waals surface area contributed by atoms with Crippen molar-refractivity contribution in [2.75, 3.05) is 18.0 Å². The highest BCUT2D eigenvalue weighted by molar-refractivity contribution is 5.85. The molecule has 0 aliphatic carbocycles. The van der Waals surface area contributed by atoms with Gasteiger partial charge in [0.2, 0.25) is 5.95 Å². The van der Waals surface area contributed by atoms with E-state index in [1.54, 1.807) is 35.8 Å². The van der Waals surface area contributed by atoms with E-state index in [2.05, 4.69) is 21.8 Å². The zero-order valence-corrected chi connectivity index (χ0v) is 20.6. The average molecular weight is 508 g/mol. The number of anilines is 1. The van der Waals surface area contributed by atoms with Crippen LogP contribution in [0.4, 0.5) is 14.7 Å². The molecular weight excluding hydrogens is 480 g/mol. The third-order valence-corrected chi connectivity index (χ3v) is 6.74. The predicted molar refractivity (Wildman–Crippen MR) is 138 cm³/mol. The Morgan fingerprint density at radius 3 is 2.70 bits per heavy atom. The maximum Gasteiger partial charge on any atom is 0.332 e. The van der Waals surface area contributed by atoms with Gasteiger partial charge in [-0.1, -0.05) is 30.2 Å². The van der Waals surface area contributed by atoms with Crippen LogP contribution < -0.4 is 21.9 Å². The molecular formula is C26H27F2N7O2. The molecule has 0 amide bonds. The van der Waals surface area contributed by atoms with Crippen LogP contribution in [-0.4, -0.2) is 42.8 Å². The Bertz CT molecular complexity index is 1680. The highest BCUT2D eigenvalue weighted by atomic mass is 19.3. The number of hydrogen-bond donors (Lipinski definition) is 1. The van der Waals surface area contributed by atoms with Gasteiger partial charge in [-0.25, -0.2) is 18.6 Å². The summed E-state index contributed by atoms with van der Waals surface area (Å²) in [5.74, 6) is 6.37. The maximum atomic E-state index is 13.8. The molecule has 1 aliphatic heterocycles. The molecule has 0 spiro atoms. The van der Waals surface area contributed by atoms with E-state index in [-0.39, 0.29) is 36.0 Å². The number of halogens is 2. The lowest BCUT2D eigenvalue weighted by molar-refractivity contribution is 0.146. The number of hydrogen-bond acceptors (Lipinski definition) is 6. The number of alkyl halides is 2. The summed E-state index contributed by atoms with van der Waals surface area (Å²) in [6, 6.07) is 8.22. The van der Waals surface area contributed by atoms with Crippen molar-refractivity contribution in [3.63, 3.8) is 0 Å². The zero-order valence-electron chi connectivity index (χ0n) is 20.6. The summed E-state index contributed by atoms with van der Waals surface area (Å²) in [6.45, 7) is 2.92. The number of pyridine rings is 1. The highest BCUT2D eigenvalue weighted by Crippen LogP contribution is 2.26. The normalized spacial score (nSPS) is 15.9. The molecule has 0 saturated carbocycles. The lowest BCUT2D eigenvalue weighted by atomic mass is 10.1. The van der Waals surface area contributed by atoms with Gasteiger partial charge in [0.05, 0.1) is 18.8 Å². The van der Waals surface area contributed by atoms with Crippen LogP contribution in [0.2, 0.25) is 0 Å². The van der Waals surface area contributed by atoms with Gasteiger partial charge in [0.1, 0.15) is 5.69 Å². The lowest BCUT2D eigenvalue weighted by Crippen LogP contribution is -2.44. The van der Waals surface area contributed by atoms with Crippen molar-refractivity contribution in [2.24, 2.45) is 12.8 Å². The maximum absolute atomic E-state index is 13.8. The summed E-state index contributed by atoms with van der Waals surface area (Å²) in [7, 11) is 1.54. The molecule has 4 heterocycles. The molecule has 3 aromatic heterocycles. The summed E-state index contributed by atoms with van der Waals surface area (Å²) >= 11 is 0. The van der Waals surface area contributed by atoms with Crippen LogP contribution in [0.3, 0.4) is 0 Å². The first-order valence-electron chi connectivity index (χ1n) is 12.1. The Labute approximate surface area is 211 Å². The average Bonchev–Trinajstić information content (AvgIpc) is 3.28. The second-order valence-electron chi connectivity index (χ2n) is 9.19. The number of nitrogens with two attached hydrogens (primary N) is 1. The van der Waals surface area contributed by atoms with Crippen LogP contribution >= 0.6 is 0 Å². The van der Waals surface area contributed by atoms with E-state index in [1.807, 2.05) is 4.90 Å². The van der Waals surface area contributed by atoms with Gasteiger partial charge in [0.15, 0.2) is 11.2 Å². The topological polar surface area (TPSA) is 104 Å². The summed E-state index contributed by atoms with van der Waals surface area (Å²) in [5.41, 5.74) is 5.26. The van der Waals surface area contributed by atoms with Crippen molar-refractivity contribution in [3.8, 4) is 11.8 Å². The highest BCUT2D eigenvalue weighted by Gasteiger charge is 2.26. The first-order valence-corrected chi connectivity index (χ1v) is 12.1. The molecule has 1 atom stereocenters. The molecule has 11 heteroatoms. The van der Waals surface area contributed by atoms with Gasteiger partial charge in [-0.3, -0.25) is 18.5 Å². The van der Waals surface area contributed by atoms with Crippen LogP contribution in [0.25, 0.3) is 21.9 Å². The van der Waals surface area contributed by atoms with Crippen LogP contribution in [-0.2, 0) is 20.1 Å². The minimum Gasteiger partial charge on any atom is -0.341 e. The number of fused-ring (bicyclic) bond motifs is 2. The van der Waals surface area contributed by atoms with E-state index in [9.17, 15) is 18.4 Å². The van der Waals surface area contributed by atoms with Crippen LogP contribution in [0.15, 0.2) is 39.9 Å². The van der Waals surface area contributed by atoms with Crippen molar-refractivity contribution in [1.82, 2.24) is 23.7 Å². The smallest absolute Gasteiger partial charge is 0.332 e. The molecule has 1 saturated heterocycles.